The van der Waals surface area contributed by atoms with Gasteiger partial charge in [-0.1, -0.05) is 0 Å². The minimum Gasteiger partial charge on any atom is -0.326 e. The molecule has 2 N–H and O–H groups in total. The van der Waals surface area contributed by atoms with E-state index in [1.165, 1.54) is 43.9 Å². The summed E-state index contributed by atoms with van der Waals surface area (Å²) in [6.07, 6.45) is 4.05. The predicted octanol–water partition coefficient (Wildman–Crippen LogP) is 1.55. The van der Waals surface area contributed by atoms with Gasteiger partial charge in [0.2, 0.25) is 0 Å². The SMILES string of the molecule is CC1C(N)CCN1CC1CCCSC1. The van der Waals surface area contributed by atoms with Crippen LogP contribution in [-0.2, 0) is 0 Å². The Morgan fingerprint density at radius 2 is 2.29 bits per heavy atom. The molecular formula is C11H22N2S. The van der Waals surface area contributed by atoms with Crippen LogP contribution in [0.15, 0.2) is 0 Å². The second kappa shape index (κ2) is 4.86. The van der Waals surface area contributed by atoms with Gasteiger partial charge in [0.15, 0.2) is 0 Å². The fourth-order valence-corrected chi connectivity index (χ4v) is 3.71. The van der Waals surface area contributed by atoms with Gasteiger partial charge in [0.1, 0.15) is 0 Å². The van der Waals surface area contributed by atoms with Crippen molar-refractivity contribution in [2.45, 2.75) is 38.3 Å². The summed E-state index contributed by atoms with van der Waals surface area (Å²) < 4.78 is 0. The normalized spacial score (nSPS) is 40.3. The van der Waals surface area contributed by atoms with Crippen LogP contribution in [0.5, 0.6) is 0 Å². The minimum absolute atomic E-state index is 0.422. The van der Waals surface area contributed by atoms with Crippen LogP contribution in [0.4, 0.5) is 0 Å². The Kier molecular flexibility index (Phi) is 3.74. The molecule has 3 heteroatoms. The number of likely N-dealkylation sites (tertiary alicyclic amines) is 1. The topological polar surface area (TPSA) is 29.3 Å². The highest BCUT2D eigenvalue weighted by atomic mass is 32.2. The quantitative estimate of drug-likeness (QED) is 0.756. The summed E-state index contributed by atoms with van der Waals surface area (Å²) in [5.74, 6) is 3.69. The van der Waals surface area contributed by atoms with Crippen molar-refractivity contribution < 1.29 is 0 Å². The third-order valence-corrected chi connectivity index (χ3v) is 4.98. The van der Waals surface area contributed by atoms with Crippen LogP contribution in [0.25, 0.3) is 0 Å². The number of thioether (sulfide) groups is 1. The highest BCUT2D eigenvalue weighted by Gasteiger charge is 2.29. The first-order valence-electron chi connectivity index (χ1n) is 5.85. The summed E-state index contributed by atoms with van der Waals surface area (Å²) in [7, 11) is 0. The van der Waals surface area contributed by atoms with Gasteiger partial charge in [0.25, 0.3) is 0 Å². The largest absolute Gasteiger partial charge is 0.326 e. The lowest BCUT2D eigenvalue weighted by atomic mass is 10.0. The molecule has 0 aliphatic carbocycles. The maximum atomic E-state index is 6.03. The van der Waals surface area contributed by atoms with Gasteiger partial charge in [-0.15, -0.1) is 0 Å². The molecular weight excluding hydrogens is 192 g/mol. The van der Waals surface area contributed by atoms with E-state index < -0.39 is 0 Å². The van der Waals surface area contributed by atoms with E-state index in [1.54, 1.807) is 0 Å². The third kappa shape index (κ3) is 2.44. The Balaban J connectivity index is 1.79. The molecule has 0 aromatic rings. The first-order chi connectivity index (χ1) is 6.77. The van der Waals surface area contributed by atoms with Crippen LogP contribution in [0.1, 0.15) is 26.2 Å². The third-order valence-electron chi connectivity index (χ3n) is 3.69. The molecule has 0 saturated carbocycles. The van der Waals surface area contributed by atoms with Crippen LogP contribution in [0.3, 0.4) is 0 Å². The van der Waals surface area contributed by atoms with Crippen LogP contribution in [-0.4, -0.2) is 41.6 Å². The summed E-state index contributed by atoms with van der Waals surface area (Å²) >= 11 is 2.13. The summed E-state index contributed by atoms with van der Waals surface area (Å²) in [6, 6.07) is 1.04. The molecule has 3 unspecified atom stereocenters. The molecule has 2 fully saturated rings. The molecule has 2 rings (SSSR count). The van der Waals surface area contributed by atoms with E-state index in [0.717, 1.165) is 5.92 Å². The van der Waals surface area contributed by atoms with E-state index in [9.17, 15) is 0 Å². The molecule has 14 heavy (non-hydrogen) atoms. The first kappa shape index (κ1) is 10.8. The zero-order chi connectivity index (χ0) is 9.97. The molecule has 0 aromatic carbocycles. The Labute approximate surface area is 91.6 Å². The van der Waals surface area contributed by atoms with E-state index in [0.29, 0.717) is 12.1 Å². The van der Waals surface area contributed by atoms with Crippen LogP contribution >= 0.6 is 11.8 Å². The maximum Gasteiger partial charge on any atom is 0.0219 e. The molecule has 0 spiro atoms. The van der Waals surface area contributed by atoms with Gasteiger partial charge in [-0.3, -0.25) is 4.90 Å². The van der Waals surface area contributed by atoms with Crippen molar-refractivity contribution in [3.05, 3.63) is 0 Å². The average molecular weight is 214 g/mol. The van der Waals surface area contributed by atoms with Crippen molar-refractivity contribution in [2.75, 3.05) is 24.6 Å². The molecule has 3 atom stereocenters. The minimum atomic E-state index is 0.422. The lowest BCUT2D eigenvalue weighted by molar-refractivity contribution is 0.221. The van der Waals surface area contributed by atoms with E-state index in [-0.39, 0.29) is 0 Å². The number of nitrogens with two attached hydrogens (primary N) is 1. The number of nitrogens with zero attached hydrogens (tertiary/aromatic N) is 1. The number of hydrogen-bond acceptors (Lipinski definition) is 3. The zero-order valence-electron chi connectivity index (χ0n) is 9.11. The Morgan fingerprint density at radius 1 is 1.43 bits per heavy atom. The highest BCUT2D eigenvalue weighted by molar-refractivity contribution is 7.99. The van der Waals surface area contributed by atoms with E-state index in [4.69, 9.17) is 5.73 Å². The molecule has 0 bridgehead atoms. The van der Waals surface area contributed by atoms with Gasteiger partial charge in [-0.2, -0.15) is 11.8 Å². The average Bonchev–Trinajstić information content (AvgIpc) is 2.52. The van der Waals surface area contributed by atoms with Crippen molar-refractivity contribution in [2.24, 2.45) is 11.7 Å². The molecule has 2 heterocycles. The number of hydrogen-bond donors (Lipinski definition) is 1. The van der Waals surface area contributed by atoms with E-state index >= 15 is 0 Å². The lowest BCUT2D eigenvalue weighted by Gasteiger charge is -2.29. The molecule has 0 amide bonds. The van der Waals surface area contributed by atoms with Gasteiger partial charge >= 0.3 is 0 Å². The van der Waals surface area contributed by atoms with Gasteiger partial charge in [0.05, 0.1) is 0 Å². The molecule has 2 saturated heterocycles. The maximum absolute atomic E-state index is 6.03. The van der Waals surface area contributed by atoms with Crippen LogP contribution < -0.4 is 5.73 Å². The smallest absolute Gasteiger partial charge is 0.0219 e. The predicted molar refractivity (Wildman–Crippen MR) is 63.7 cm³/mol. The molecule has 2 nitrogen and oxygen atoms in total. The Bertz CT molecular complexity index is 180. The van der Waals surface area contributed by atoms with Gasteiger partial charge in [-0.25, -0.2) is 0 Å². The van der Waals surface area contributed by atoms with Crippen LogP contribution in [0, 0.1) is 5.92 Å². The molecule has 2 aliphatic heterocycles. The second-order valence-electron chi connectivity index (χ2n) is 4.77. The van der Waals surface area contributed by atoms with Gasteiger partial charge in [-0.05, 0) is 43.6 Å². The molecule has 0 aromatic heterocycles. The van der Waals surface area contributed by atoms with E-state index in [2.05, 4.69) is 23.6 Å². The zero-order valence-corrected chi connectivity index (χ0v) is 9.93. The Morgan fingerprint density at radius 3 is 2.86 bits per heavy atom. The summed E-state index contributed by atoms with van der Waals surface area (Å²) in [6.45, 7) is 4.80. The lowest BCUT2D eigenvalue weighted by Crippen LogP contribution is -2.40. The standard InChI is InChI=1S/C11H22N2S/c1-9-11(12)4-5-13(9)7-10-3-2-6-14-8-10/h9-11H,2-8,12H2,1H3. The molecule has 82 valence electrons. The summed E-state index contributed by atoms with van der Waals surface area (Å²) in [5, 5.41) is 0. The van der Waals surface area contributed by atoms with E-state index in [1.807, 2.05) is 0 Å². The Hall–Kier alpha value is 0.270. The fraction of sp³-hybridized carbons (Fsp3) is 1.00. The van der Waals surface area contributed by atoms with Gasteiger partial charge in [0, 0.05) is 25.2 Å². The van der Waals surface area contributed by atoms with Crippen molar-refractivity contribution in [3.8, 4) is 0 Å². The van der Waals surface area contributed by atoms with Crippen LogP contribution in [0.2, 0.25) is 0 Å². The van der Waals surface area contributed by atoms with Crippen molar-refractivity contribution in [1.82, 2.24) is 4.90 Å². The first-order valence-corrected chi connectivity index (χ1v) is 7.00. The second-order valence-corrected chi connectivity index (χ2v) is 5.92. The molecule has 0 radical (unpaired) electrons. The van der Waals surface area contributed by atoms with Crippen molar-refractivity contribution in [1.29, 1.82) is 0 Å². The highest BCUT2D eigenvalue weighted by Crippen LogP contribution is 2.26. The van der Waals surface area contributed by atoms with Crippen molar-refractivity contribution >= 4 is 11.8 Å². The summed E-state index contributed by atoms with van der Waals surface area (Å²) in [4.78, 5) is 2.60. The van der Waals surface area contributed by atoms with Crippen molar-refractivity contribution in [3.63, 3.8) is 0 Å². The summed E-state index contributed by atoms with van der Waals surface area (Å²) in [5.41, 5.74) is 6.03. The fourth-order valence-electron chi connectivity index (χ4n) is 2.57. The molecule has 2 aliphatic rings. The van der Waals surface area contributed by atoms with Gasteiger partial charge < -0.3 is 5.73 Å². The monoisotopic (exact) mass is 214 g/mol. The number of rotatable bonds is 2.